The summed E-state index contributed by atoms with van der Waals surface area (Å²) >= 11 is 0. The number of hydrogen-bond donors (Lipinski definition) is 2. The van der Waals surface area contributed by atoms with Crippen LogP contribution >= 0.6 is 0 Å². The lowest BCUT2D eigenvalue weighted by Gasteiger charge is -2.23. The Kier molecular flexibility index (Phi) is 6.75. The third kappa shape index (κ3) is 5.08. The van der Waals surface area contributed by atoms with E-state index in [9.17, 15) is 9.59 Å². The highest BCUT2D eigenvalue weighted by Crippen LogP contribution is 2.28. The Hall–Kier alpha value is -3.02. The summed E-state index contributed by atoms with van der Waals surface area (Å²) in [4.78, 5) is 25.2. The molecule has 2 amide bonds. The van der Waals surface area contributed by atoms with Crippen molar-refractivity contribution in [2.75, 3.05) is 19.5 Å². The normalized spacial score (nSPS) is 14.2. The van der Waals surface area contributed by atoms with Crippen LogP contribution in [0.5, 0.6) is 11.5 Å². The number of ether oxygens (including phenoxy) is 2. The number of nitrogens with one attached hydrogen (secondary N) is 2. The zero-order valence-corrected chi connectivity index (χ0v) is 17.2. The molecule has 29 heavy (non-hydrogen) atoms. The van der Waals surface area contributed by atoms with E-state index in [0.29, 0.717) is 28.3 Å². The summed E-state index contributed by atoms with van der Waals surface area (Å²) in [5.41, 5.74) is 2.56. The number of carbonyl (C=O) groups is 2. The molecule has 0 spiro atoms. The Morgan fingerprint density at radius 1 is 0.862 bits per heavy atom. The summed E-state index contributed by atoms with van der Waals surface area (Å²) in [6.07, 6.45) is 5.69. The summed E-state index contributed by atoms with van der Waals surface area (Å²) in [6, 6.07) is 10.6. The maximum atomic E-state index is 12.6. The lowest BCUT2D eigenvalue weighted by molar-refractivity contribution is 0.0927. The molecule has 1 saturated carbocycles. The van der Waals surface area contributed by atoms with Crippen LogP contribution in [-0.4, -0.2) is 32.1 Å². The monoisotopic (exact) mass is 396 g/mol. The zero-order chi connectivity index (χ0) is 20.8. The van der Waals surface area contributed by atoms with E-state index in [4.69, 9.17) is 9.47 Å². The first kappa shape index (κ1) is 20.7. The van der Waals surface area contributed by atoms with Gasteiger partial charge < -0.3 is 20.1 Å². The lowest BCUT2D eigenvalue weighted by Crippen LogP contribution is -2.36. The Morgan fingerprint density at radius 2 is 1.52 bits per heavy atom. The first-order valence-electron chi connectivity index (χ1n) is 9.96. The summed E-state index contributed by atoms with van der Waals surface area (Å²) in [7, 11) is 3.08. The number of anilines is 1. The van der Waals surface area contributed by atoms with Crippen LogP contribution in [0.2, 0.25) is 0 Å². The van der Waals surface area contributed by atoms with Crippen LogP contribution in [0.15, 0.2) is 36.4 Å². The summed E-state index contributed by atoms with van der Waals surface area (Å²) in [5.74, 6) is 0.742. The van der Waals surface area contributed by atoms with Gasteiger partial charge in [-0.1, -0.05) is 19.3 Å². The molecule has 0 atom stereocenters. The van der Waals surface area contributed by atoms with E-state index < -0.39 is 0 Å². The molecule has 1 aliphatic rings. The Balaban J connectivity index is 1.68. The molecular formula is C23H28N2O4. The zero-order valence-electron chi connectivity index (χ0n) is 17.2. The summed E-state index contributed by atoms with van der Waals surface area (Å²) in [6.45, 7) is 1.88. The number of aryl methyl sites for hydroxylation is 1. The van der Waals surface area contributed by atoms with E-state index in [2.05, 4.69) is 10.6 Å². The van der Waals surface area contributed by atoms with Crippen LogP contribution in [0.4, 0.5) is 5.69 Å². The van der Waals surface area contributed by atoms with Gasteiger partial charge in [0, 0.05) is 22.9 Å². The molecule has 6 heteroatoms. The highest BCUT2D eigenvalue weighted by molar-refractivity contribution is 6.05. The average Bonchev–Trinajstić information content (AvgIpc) is 2.75. The van der Waals surface area contributed by atoms with Gasteiger partial charge in [0.1, 0.15) is 0 Å². The van der Waals surface area contributed by atoms with Gasteiger partial charge in [-0.05, 0) is 61.7 Å². The van der Waals surface area contributed by atoms with E-state index in [1.54, 1.807) is 37.4 Å². The minimum absolute atomic E-state index is 0.0576. The molecule has 0 saturated heterocycles. The SMILES string of the molecule is COc1ccc(C(=O)Nc2ccc(C(=O)NC3CCCCC3)cc2C)cc1OC. The van der Waals surface area contributed by atoms with Gasteiger partial charge in [0.2, 0.25) is 0 Å². The van der Waals surface area contributed by atoms with Gasteiger partial charge in [-0.3, -0.25) is 9.59 Å². The Bertz CT molecular complexity index is 888. The van der Waals surface area contributed by atoms with Gasteiger partial charge in [-0.25, -0.2) is 0 Å². The minimum atomic E-state index is -0.256. The Labute approximate surface area is 171 Å². The second-order valence-electron chi connectivity index (χ2n) is 7.36. The first-order valence-corrected chi connectivity index (χ1v) is 9.96. The van der Waals surface area contributed by atoms with Gasteiger partial charge in [0.15, 0.2) is 11.5 Å². The van der Waals surface area contributed by atoms with E-state index >= 15 is 0 Å². The second kappa shape index (κ2) is 9.45. The van der Waals surface area contributed by atoms with Crippen molar-refractivity contribution < 1.29 is 19.1 Å². The number of hydrogen-bond acceptors (Lipinski definition) is 4. The highest BCUT2D eigenvalue weighted by atomic mass is 16.5. The van der Waals surface area contributed by atoms with Crippen LogP contribution in [-0.2, 0) is 0 Å². The molecule has 0 aliphatic heterocycles. The largest absolute Gasteiger partial charge is 0.493 e. The predicted octanol–water partition coefficient (Wildman–Crippen LogP) is 4.33. The lowest BCUT2D eigenvalue weighted by atomic mass is 9.95. The molecule has 2 aromatic rings. The smallest absolute Gasteiger partial charge is 0.255 e. The predicted molar refractivity (Wildman–Crippen MR) is 113 cm³/mol. The van der Waals surface area contributed by atoms with Crippen LogP contribution in [0.25, 0.3) is 0 Å². The minimum Gasteiger partial charge on any atom is -0.493 e. The van der Waals surface area contributed by atoms with Gasteiger partial charge >= 0.3 is 0 Å². The first-order chi connectivity index (χ1) is 14.0. The molecule has 0 bridgehead atoms. The molecule has 2 N–H and O–H groups in total. The van der Waals surface area contributed by atoms with Crippen molar-refractivity contribution in [1.82, 2.24) is 5.32 Å². The van der Waals surface area contributed by atoms with Crippen LogP contribution < -0.4 is 20.1 Å². The highest BCUT2D eigenvalue weighted by Gasteiger charge is 2.18. The topological polar surface area (TPSA) is 76.7 Å². The third-order valence-corrected chi connectivity index (χ3v) is 5.32. The van der Waals surface area contributed by atoms with Crippen molar-refractivity contribution in [3.8, 4) is 11.5 Å². The van der Waals surface area contributed by atoms with Gasteiger partial charge in [-0.2, -0.15) is 0 Å². The molecule has 1 fully saturated rings. The molecular weight excluding hydrogens is 368 g/mol. The maximum Gasteiger partial charge on any atom is 0.255 e. The van der Waals surface area contributed by atoms with Gasteiger partial charge in [-0.15, -0.1) is 0 Å². The van der Waals surface area contributed by atoms with Crippen molar-refractivity contribution in [3.05, 3.63) is 53.1 Å². The molecule has 3 rings (SSSR count). The van der Waals surface area contributed by atoms with Crippen LogP contribution in [0, 0.1) is 6.92 Å². The Morgan fingerprint density at radius 3 is 2.17 bits per heavy atom. The van der Waals surface area contributed by atoms with Crippen LogP contribution in [0.1, 0.15) is 58.4 Å². The fourth-order valence-electron chi connectivity index (χ4n) is 3.63. The quantitative estimate of drug-likeness (QED) is 0.762. The number of benzene rings is 2. The van der Waals surface area contributed by atoms with Crippen molar-refractivity contribution in [3.63, 3.8) is 0 Å². The van der Waals surface area contributed by atoms with Crippen molar-refractivity contribution >= 4 is 17.5 Å². The second-order valence-corrected chi connectivity index (χ2v) is 7.36. The average molecular weight is 396 g/mol. The number of carbonyl (C=O) groups excluding carboxylic acids is 2. The van der Waals surface area contributed by atoms with Crippen molar-refractivity contribution in [1.29, 1.82) is 0 Å². The van der Waals surface area contributed by atoms with Crippen molar-refractivity contribution in [2.45, 2.75) is 45.1 Å². The molecule has 0 unspecified atom stereocenters. The van der Waals surface area contributed by atoms with Crippen LogP contribution in [0.3, 0.4) is 0 Å². The molecule has 154 valence electrons. The molecule has 0 heterocycles. The maximum absolute atomic E-state index is 12.6. The van der Waals surface area contributed by atoms with E-state index in [-0.39, 0.29) is 17.9 Å². The fraction of sp³-hybridized carbons (Fsp3) is 0.391. The van der Waals surface area contributed by atoms with E-state index in [1.807, 2.05) is 13.0 Å². The number of rotatable bonds is 6. The fourth-order valence-corrected chi connectivity index (χ4v) is 3.63. The van der Waals surface area contributed by atoms with Gasteiger partial charge in [0.05, 0.1) is 14.2 Å². The molecule has 1 aliphatic carbocycles. The molecule has 6 nitrogen and oxygen atoms in total. The van der Waals surface area contributed by atoms with Gasteiger partial charge in [0.25, 0.3) is 11.8 Å². The molecule has 0 aromatic heterocycles. The number of amides is 2. The summed E-state index contributed by atoms with van der Waals surface area (Å²) < 4.78 is 10.5. The van der Waals surface area contributed by atoms with E-state index in [0.717, 1.165) is 18.4 Å². The summed E-state index contributed by atoms with van der Waals surface area (Å²) in [5, 5.41) is 6.02. The van der Waals surface area contributed by atoms with E-state index in [1.165, 1.54) is 26.4 Å². The number of methoxy groups -OCH3 is 2. The third-order valence-electron chi connectivity index (χ3n) is 5.32. The standard InChI is InChI=1S/C23H28N2O4/c1-15-13-16(22(26)24-18-7-5-4-6-8-18)9-11-19(15)25-23(27)17-10-12-20(28-2)21(14-17)29-3/h9-14,18H,4-8H2,1-3H3,(H,24,26)(H,25,27). The molecule has 2 aromatic carbocycles. The molecule has 0 radical (unpaired) electrons. The van der Waals surface area contributed by atoms with Crippen molar-refractivity contribution in [2.24, 2.45) is 0 Å².